The molecular formula is C62H108O4S2. The zero-order valence-electron chi connectivity index (χ0n) is 45.1. The average molecular weight is 982 g/mol. The Morgan fingerprint density at radius 3 is 0.676 bits per heavy atom. The highest BCUT2D eigenvalue weighted by molar-refractivity contribution is 7.96. The maximum Gasteiger partial charge on any atom is 0.161 e. The molecule has 0 amide bonds. The summed E-state index contributed by atoms with van der Waals surface area (Å²) >= 11 is 10.2. The summed E-state index contributed by atoms with van der Waals surface area (Å²) in [5.41, 5.74) is 1.94. The maximum atomic E-state index is 6.52. The van der Waals surface area contributed by atoms with Crippen LogP contribution in [0, 0.1) is 0 Å². The SMILES string of the molecule is CCCCCCCCCCCCOc1ccc(/C(S)=C(\S)c2ccc(OCCCCCCCCCCCC)c(OCCCCCCCCCCCC)c2)cc1OCCCCCCCCCCCC. The molecule has 0 aliphatic heterocycles. The molecule has 0 fully saturated rings. The fourth-order valence-electron chi connectivity index (χ4n) is 9.13. The molecule has 0 atom stereocenters. The molecule has 4 nitrogen and oxygen atoms in total. The van der Waals surface area contributed by atoms with Crippen molar-refractivity contribution in [1.82, 2.24) is 0 Å². The van der Waals surface area contributed by atoms with Gasteiger partial charge in [0.2, 0.25) is 0 Å². The van der Waals surface area contributed by atoms with Crippen molar-refractivity contribution in [3.05, 3.63) is 47.5 Å². The standard InChI is InChI=1S/C62H108O4S2/c1-5-9-13-17-21-25-29-33-37-41-49-63-57-47-45-55(53-59(57)65-51-43-39-35-31-27-23-19-15-11-7-3)61(67)62(68)56-46-48-58(64-50-42-38-34-30-26-22-18-14-10-6-2)60(54-56)66-52-44-40-36-32-28-24-20-16-12-8-4/h45-48,53-54,67-68H,5-44,49-52H2,1-4H3/b62-61+. The number of benzene rings is 2. The van der Waals surface area contributed by atoms with Crippen molar-refractivity contribution >= 4 is 35.1 Å². The lowest BCUT2D eigenvalue weighted by molar-refractivity contribution is 0.258. The number of rotatable bonds is 50. The highest BCUT2D eigenvalue weighted by Gasteiger charge is 2.15. The smallest absolute Gasteiger partial charge is 0.161 e. The molecule has 2 rings (SSSR count). The van der Waals surface area contributed by atoms with E-state index in [4.69, 9.17) is 44.2 Å². The van der Waals surface area contributed by atoms with Crippen molar-refractivity contribution < 1.29 is 18.9 Å². The Balaban J connectivity index is 2.10. The van der Waals surface area contributed by atoms with Gasteiger partial charge >= 0.3 is 0 Å². The molecule has 0 aliphatic rings. The number of ether oxygens (including phenoxy) is 4. The first-order valence-electron chi connectivity index (χ1n) is 29.5. The lowest BCUT2D eigenvalue weighted by Crippen LogP contribution is -2.04. The summed E-state index contributed by atoms with van der Waals surface area (Å²) in [6.45, 7) is 12.0. The second kappa shape index (κ2) is 46.2. The molecule has 0 heterocycles. The average Bonchev–Trinajstić information content (AvgIpc) is 3.35. The molecule has 2 aromatic rings. The van der Waals surface area contributed by atoms with Crippen LogP contribution in [-0.2, 0) is 0 Å². The minimum absolute atomic E-state index is 0.689. The third-order valence-corrected chi connectivity index (χ3v) is 14.8. The van der Waals surface area contributed by atoms with E-state index in [-0.39, 0.29) is 0 Å². The molecular weight excluding hydrogens is 873 g/mol. The van der Waals surface area contributed by atoms with Crippen LogP contribution in [0.25, 0.3) is 9.81 Å². The number of hydrogen-bond acceptors (Lipinski definition) is 6. The Morgan fingerprint density at radius 2 is 0.456 bits per heavy atom. The molecule has 68 heavy (non-hydrogen) atoms. The van der Waals surface area contributed by atoms with E-state index in [2.05, 4.69) is 64.1 Å². The predicted molar refractivity (Wildman–Crippen MR) is 307 cm³/mol. The Kier molecular flexibility index (Phi) is 42.2. The van der Waals surface area contributed by atoms with Gasteiger partial charge in [0.25, 0.3) is 0 Å². The Hall–Kier alpha value is -1.92. The van der Waals surface area contributed by atoms with E-state index in [1.807, 2.05) is 0 Å². The molecule has 0 radical (unpaired) electrons. The van der Waals surface area contributed by atoms with Crippen LogP contribution < -0.4 is 18.9 Å². The zero-order valence-corrected chi connectivity index (χ0v) is 46.9. The summed E-state index contributed by atoms with van der Waals surface area (Å²) in [6, 6.07) is 12.6. The van der Waals surface area contributed by atoms with Crippen LogP contribution >= 0.6 is 25.3 Å². The third-order valence-electron chi connectivity index (χ3n) is 13.7. The van der Waals surface area contributed by atoms with Crippen LogP contribution in [-0.4, -0.2) is 26.4 Å². The monoisotopic (exact) mass is 981 g/mol. The van der Waals surface area contributed by atoms with Gasteiger partial charge in [0.15, 0.2) is 23.0 Å². The van der Waals surface area contributed by atoms with Crippen molar-refractivity contribution in [2.45, 2.75) is 285 Å². The van der Waals surface area contributed by atoms with Crippen LogP contribution in [0.3, 0.4) is 0 Å². The van der Waals surface area contributed by atoms with Crippen LogP contribution in [0.5, 0.6) is 23.0 Å². The molecule has 0 unspecified atom stereocenters. The van der Waals surface area contributed by atoms with Gasteiger partial charge in [-0.3, -0.25) is 0 Å². The molecule has 0 aliphatic carbocycles. The molecule has 392 valence electrons. The second-order valence-corrected chi connectivity index (χ2v) is 21.0. The highest BCUT2D eigenvalue weighted by atomic mass is 32.1. The van der Waals surface area contributed by atoms with Gasteiger partial charge in [0, 0.05) is 9.81 Å². The summed E-state index contributed by atoms with van der Waals surface area (Å²) < 4.78 is 25.9. The van der Waals surface area contributed by atoms with Gasteiger partial charge in [-0.05, 0) is 73.2 Å². The molecule has 6 heteroatoms. The first kappa shape index (κ1) is 62.2. The summed E-state index contributed by atoms with van der Waals surface area (Å²) in [6.07, 6.45) is 52.3. The van der Waals surface area contributed by atoms with Crippen LogP contribution in [0.4, 0.5) is 0 Å². The first-order valence-corrected chi connectivity index (χ1v) is 30.4. The van der Waals surface area contributed by atoms with E-state index < -0.39 is 0 Å². The van der Waals surface area contributed by atoms with Crippen molar-refractivity contribution in [3.63, 3.8) is 0 Å². The van der Waals surface area contributed by atoms with Crippen molar-refractivity contribution in [3.8, 4) is 23.0 Å². The first-order chi connectivity index (χ1) is 33.5. The molecule has 0 bridgehead atoms. The third kappa shape index (κ3) is 32.9. The van der Waals surface area contributed by atoms with Crippen LogP contribution in [0.15, 0.2) is 36.4 Å². The quantitative estimate of drug-likeness (QED) is 0.0394. The van der Waals surface area contributed by atoms with Crippen molar-refractivity contribution in [2.75, 3.05) is 26.4 Å². The fourth-order valence-corrected chi connectivity index (χ4v) is 9.67. The Morgan fingerprint density at radius 1 is 0.265 bits per heavy atom. The van der Waals surface area contributed by atoms with Gasteiger partial charge in [0.05, 0.1) is 26.4 Å². The lowest BCUT2D eigenvalue weighted by Gasteiger charge is -2.17. The molecule has 0 saturated carbocycles. The van der Waals surface area contributed by atoms with Gasteiger partial charge in [-0.15, -0.1) is 25.3 Å². The largest absolute Gasteiger partial charge is 0.490 e. The molecule has 0 N–H and O–H groups in total. The van der Waals surface area contributed by atoms with E-state index in [9.17, 15) is 0 Å². The Labute approximate surface area is 433 Å². The van der Waals surface area contributed by atoms with Gasteiger partial charge in [-0.2, -0.15) is 0 Å². The van der Waals surface area contributed by atoms with Crippen molar-refractivity contribution in [2.24, 2.45) is 0 Å². The summed E-state index contributed by atoms with van der Waals surface area (Å²) in [4.78, 5) is 1.61. The molecule has 0 saturated heterocycles. The van der Waals surface area contributed by atoms with Gasteiger partial charge in [-0.25, -0.2) is 0 Å². The van der Waals surface area contributed by atoms with E-state index in [0.717, 1.165) is 69.6 Å². The number of hydrogen-bond donors (Lipinski definition) is 2. The predicted octanol–water partition coefficient (Wildman–Crippen LogP) is 21.6. The second-order valence-electron chi connectivity index (χ2n) is 20.1. The molecule has 0 aromatic heterocycles. The van der Waals surface area contributed by atoms with Crippen molar-refractivity contribution in [1.29, 1.82) is 0 Å². The van der Waals surface area contributed by atoms with E-state index in [0.29, 0.717) is 26.4 Å². The normalized spacial score (nSPS) is 11.9. The van der Waals surface area contributed by atoms with E-state index in [1.165, 1.54) is 231 Å². The maximum absolute atomic E-state index is 6.52. The van der Waals surface area contributed by atoms with Gasteiger partial charge in [-0.1, -0.05) is 259 Å². The summed E-state index contributed by atoms with van der Waals surface area (Å²) in [7, 11) is 0. The topological polar surface area (TPSA) is 36.9 Å². The minimum atomic E-state index is 0.689. The number of unbranched alkanes of at least 4 members (excludes halogenated alkanes) is 36. The molecule has 2 aromatic carbocycles. The van der Waals surface area contributed by atoms with E-state index >= 15 is 0 Å². The minimum Gasteiger partial charge on any atom is -0.490 e. The van der Waals surface area contributed by atoms with Gasteiger partial charge < -0.3 is 18.9 Å². The van der Waals surface area contributed by atoms with Gasteiger partial charge in [0.1, 0.15) is 0 Å². The highest BCUT2D eigenvalue weighted by Crippen LogP contribution is 2.40. The summed E-state index contributed by atoms with van der Waals surface area (Å²) in [5.74, 6) is 3.25. The number of thiol groups is 2. The zero-order chi connectivity index (χ0) is 48.8. The van der Waals surface area contributed by atoms with Crippen LogP contribution in [0.2, 0.25) is 0 Å². The molecule has 0 spiro atoms. The fraction of sp³-hybridized carbons (Fsp3) is 0.774. The van der Waals surface area contributed by atoms with E-state index in [1.54, 1.807) is 0 Å². The Bertz CT molecular complexity index is 1350. The van der Waals surface area contributed by atoms with Crippen LogP contribution in [0.1, 0.15) is 296 Å². The summed E-state index contributed by atoms with van der Waals surface area (Å²) in [5, 5.41) is 0. The lowest BCUT2D eigenvalue weighted by atomic mass is 10.1.